The van der Waals surface area contributed by atoms with E-state index in [1.54, 1.807) is 24.3 Å². The predicted octanol–water partition coefficient (Wildman–Crippen LogP) is 2.21. The molecule has 0 fully saturated rings. The molecule has 0 saturated heterocycles. The van der Waals surface area contributed by atoms with Crippen LogP contribution in [0.25, 0.3) is 0 Å². The Morgan fingerprint density at radius 3 is 2.26 bits per heavy atom. The predicted molar refractivity (Wildman–Crippen MR) is 139 cm³/mol. The van der Waals surface area contributed by atoms with Crippen molar-refractivity contribution in [3.05, 3.63) is 84.4 Å². The summed E-state index contributed by atoms with van der Waals surface area (Å²) in [6, 6.07) is 18.1. The van der Waals surface area contributed by atoms with Gasteiger partial charge >= 0.3 is 0 Å². The van der Waals surface area contributed by atoms with Crippen LogP contribution in [-0.4, -0.2) is 61.6 Å². The van der Waals surface area contributed by atoms with Crippen molar-refractivity contribution in [1.29, 1.82) is 0 Å². The molecule has 1 unspecified atom stereocenters. The van der Waals surface area contributed by atoms with Gasteiger partial charge in [0.1, 0.15) is 22.4 Å². The van der Waals surface area contributed by atoms with E-state index in [9.17, 15) is 31.6 Å². The number of rotatable bonds is 10. The molecule has 0 spiro atoms. The number of carbonyl (C=O) groups excluding carboxylic acids is 2. The Balaban J connectivity index is 1.60. The lowest BCUT2D eigenvalue weighted by atomic mass is 10.1. The lowest BCUT2D eigenvalue weighted by Gasteiger charge is -2.29. The summed E-state index contributed by atoms with van der Waals surface area (Å²) in [6.45, 7) is -1.13. The molecule has 1 aliphatic rings. The van der Waals surface area contributed by atoms with Gasteiger partial charge in [0.05, 0.1) is 17.0 Å². The first-order valence-corrected chi connectivity index (χ1v) is 14.4. The number of hydrogen-bond acceptors (Lipinski definition) is 8. The first-order valence-electron chi connectivity index (χ1n) is 11.5. The maximum absolute atomic E-state index is 13.5. The number of para-hydroxylation sites is 1. The molecule has 0 bridgehead atoms. The number of nitrogens with zero attached hydrogens (tertiary/aromatic N) is 2. The summed E-state index contributed by atoms with van der Waals surface area (Å²) >= 11 is 0. The van der Waals surface area contributed by atoms with Gasteiger partial charge in [-0.15, -0.1) is 6.42 Å². The van der Waals surface area contributed by atoms with Crippen molar-refractivity contribution in [2.75, 3.05) is 13.1 Å². The molecule has 0 aromatic heterocycles. The van der Waals surface area contributed by atoms with Crippen molar-refractivity contribution in [3.63, 3.8) is 0 Å². The van der Waals surface area contributed by atoms with Gasteiger partial charge in [0, 0.05) is 6.54 Å². The Bertz CT molecular complexity index is 1630. The molecule has 1 aliphatic heterocycles. The summed E-state index contributed by atoms with van der Waals surface area (Å²) in [5.74, 6) is 1.10. The van der Waals surface area contributed by atoms with Crippen molar-refractivity contribution in [2.24, 2.45) is 0 Å². The Morgan fingerprint density at radius 1 is 1.03 bits per heavy atom. The third kappa shape index (κ3) is 5.50. The maximum atomic E-state index is 13.5. The van der Waals surface area contributed by atoms with Gasteiger partial charge in [-0.3, -0.25) is 14.8 Å². The van der Waals surface area contributed by atoms with Crippen molar-refractivity contribution in [2.45, 2.75) is 22.3 Å². The number of carbonyl (C=O) groups is 2. The minimum Gasteiger partial charge on any atom is -0.457 e. The minimum absolute atomic E-state index is 0.0356. The highest BCUT2D eigenvalue weighted by Gasteiger charge is 2.43. The Kier molecular flexibility index (Phi) is 8.03. The third-order valence-electron chi connectivity index (χ3n) is 5.93. The number of benzene rings is 3. The molecule has 1 heterocycles. The van der Waals surface area contributed by atoms with E-state index in [1.807, 2.05) is 6.07 Å². The Hall–Kier alpha value is -4.22. The van der Waals surface area contributed by atoms with E-state index >= 15 is 0 Å². The van der Waals surface area contributed by atoms with Crippen LogP contribution in [0.4, 0.5) is 0 Å². The standard InChI is InChI=1S/C26H23N3O8S2/c1-2-17-28(38(33,34)21-14-12-20(13-15-21)37-19-8-4-3-5-9-19)23(25(30)27-32)16-18-29-26(31)22-10-6-7-11-24(22)39(29,35)36/h1,3-15,23,32H,16-18H2,(H,27,30). The van der Waals surface area contributed by atoms with Gasteiger partial charge in [-0.25, -0.2) is 26.6 Å². The average Bonchev–Trinajstić information content (AvgIpc) is 3.13. The number of nitrogens with one attached hydrogen (secondary N) is 1. The molecule has 0 radical (unpaired) electrons. The largest absolute Gasteiger partial charge is 0.457 e. The van der Waals surface area contributed by atoms with E-state index in [-0.39, 0.29) is 15.4 Å². The second-order valence-corrected chi connectivity index (χ2v) is 12.0. The van der Waals surface area contributed by atoms with Crippen molar-refractivity contribution < 1.29 is 36.4 Å². The Labute approximate surface area is 225 Å². The van der Waals surface area contributed by atoms with Crippen molar-refractivity contribution >= 4 is 31.9 Å². The zero-order valence-corrected chi connectivity index (χ0v) is 21.9. The van der Waals surface area contributed by atoms with E-state index in [0.717, 1.165) is 0 Å². The van der Waals surface area contributed by atoms with Crippen LogP contribution in [0.1, 0.15) is 16.8 Å². The number of hydroxylamine groups is 1. The lowest BCUT2D eigenvalue weighted by molar-refractivity contribution is -0.133. The van der Waals surface area contributed by atoms with Crippen LogP contribution in [0.2, 0.25) is 0 Å². The molecule has 39 heavy (non-hydrogen) atoms. The van der Waals surface area contributed by atoms with E-state index in [4.69, 9.17) is 11.2 Å². The molecule has 1 atom stereocenters. The summed E-state index contributed by atoms with van der Waals surface area (Å²) in [5.41, 5.74) is 1.37. The third-order valence-corrected chi connectivity index (χ3v) is 9.64. The van der Waals surface area contributed by atoms with Gasteiger partial charge in [0.25, 0.3) is 21.8 Å². The van der Waals surface area contributed by atoms with E-state index < -0.39 is 57.4 Å². The molecule has 0 aliphatic carbocycles. The van der Waals surface area contributed by atoms with Gasteiger partial charge in [-0.1, -0.05) is 36.3 Å². The zero-order valence-electron chi connectivity index (χ0n) is 20.3. The molecule has 0 saturated carbocycles. The first kappa shape index (κ1) is 27.8. The van der Waals surface area contributed by atoms with E-state index in [1.165, 1.54) is 54.0 Å². The fourth-order valence-electron chi connectivity index (χ4n) is 4.06. The monoisotopic (exact) mass is 569 g/mol. The highest BCUT2D eigenvalue weighted by Crippen LogP contribution is 2.31. The molecule has 13 heteroatoms. The van der Waals surface area contributed by atoms with Crippen LogP contribution in [0.5, 0.6) is 11.5 Å². The summed E-state index contributed by atoms with van der Waals surface area (Å²) in [6.07, 6.45) is 4.92. The number of amides is 2. The summed E-state index contributed by atoms with van der Waals surface area (Å²) in [4.78, 5) is 25.0. The van der Waals surface area contributed by atoms with Crippen LogP contribution in [-0.2, 0) is 24.8 Å². The van der Waals surface area contributed by atoms with Crippen molar-refractivity contribution in [1.82, 2.24) is 14.1 Å². The molecular formula is C26H23N3O8S2. The number of terminal acetylenes is 1. The first-order chi connectivity index (χ1) is 18.6. The molecule has 3 aromatic carbocycles. The van der Waals surface area contributed by atoms with Crippen LogP contribution in [0.3, 0.4) is 0 Å². The fourth-order valence-corrected chi connectivity index (χ4v) is 7.18. The summed E-state index contributed by atoms with van der Waals surface area (Å²) in [7, 11) is -8.65. The van der Waals surface area contributed by atoms with Crippen LogP contribution >= 0.6 is 0 Å². The van der Waals surface area contributed by atoms with E-state index in [0.29, 0.717) is 20.1 Å². The second kappa shape index (κ2) is 11.3. The topological polar surface area (TPSA) is 150 Å². The molecule has 11 nitrogen and oxygen atoms in total. The number of hydrogen-bond donors (Lipinski definition) is 2. The molecule has 3 aromatic rings. The lowest BCUT2D eigenvalue weighted by Crippen LogP contribution is -2.50. The van der Waals surface area contributed by atoms with Crippen LogP contribution in [0, 0.1) is 12.3 Å². The number of sulfonamides is 2. The van der Waals surface area contributed by atoms with Crippen LogP contribution in [0.15, 0.2) is 88.7 Å². The van der Waals surface area contributed by atoms with Gasteiger partial charge in [-0.05, 0) is 55.0 Å². The molecule has 2 N–H and O–H groups in total. The van der Waals surface area contributed by atoms with Crippen molar-refractivity contribution in [3.8, 4) is 23.8 Å². The highest BCUT2D eigenvalue weighted by atomic mass is 32.2. The minimum atomic E-state index is -4.44. The average molecular weight is 570 g/mol. The van der Waals surface area contributed by atoms with Gasteiger partial charge in [0.2, 0.25) is 10.0 Å². The molecule has 202 valence electrons. The smallest absolute Gasteiger partial charge is 0.269 e. The number of fused-ring (bicyclic) bond motifs is 1. The zero-order chi connectivity index (χ0) is 28.2. The molecule has 4 rings (SSSR count). The molecule has 2 amide bonds. The SMILES string of the molecule is C#CCN(C(CCN1C(=O)c2ccccc2S1(=O)=O)C(=O)NO)S(=O)(=O)c1ccc(Oc2ccccc2)cc1. The fraction of sp³-hybridized carbons (Fsp3) is 0.154. The quantitative estimate of drug-likeness (QED) is 0.214. The van der Waals surface area contributed by atoms with Gasteiger partial charge in [-0.2, -0.15) is 4.31 Å². The Morgan fingerprint density at radius 2 is 1.64 bits per heavy atom. The van der Waals surface area contributed by atoms with E-state index in [2.05, 4.69) is 5.92 Å². The van der Waals surface area contributed by atoms with Crippen LogP contribution < -0.4 is 10.2 Å². The highest BCUT2D eigenvalue weighted by molar-refractivity contribution is 7.90. The second-order valence-electron chi connectivity index (χ2n) is 8.30. The molecular weight excluding hydrogens is 546 g/mol. The normalized spacial score (nSPS) is 14.9. The number of ether oxygens (including phenoxy) is 1. The van der Waals surface area contributed by atoms with Gasteiger partial charge in [0.15, 0.2) is 0 Å². The maximum Gasteiger partial charge on any atom is 0.269 e. The van der Waals surface area contributed by atoms with Gasteiger partial charge < -0.3 is 4.74 Å². The summed E-state index contributed by atoms with van der Waals surface area (Å²) in [5, 5.41) is 9.34. The summed E-state index contributed by atoms with van der Waals surface area (Å²) < 4.78 is 59.8.